The van der Waals surface area contributed by atoms with Crippen molar-refractivity contribution >= 4 is 62.6 Å². The lowest BCUT2D eigenvalue weighted by Crippen LogP contribution is -2.63. The Morgan fingerprint density at radius 2 is 1.97 bits per heavy atom. The number of fused-ring (bicyclic) bond motifs is 5. The third kappa shape index (κ3) is 11.2. The number of rotatable bonds is 12. The minimum atomic E-state index is -1.80. The van der Waals surface area contributed by atoms with Crippen molar-refractivity contribution in [1.29, 1.82) is 0 Å². The minimum Gasteiger partial charge on any atom is -0.495 e. The summed E-state index contributed by atoms with van der Waals surface area (Å²) in [4.78, 5) is 62.1. The maximum Gasteiger partial charge on any atom is 0.409 e. The fourth-order valence-corrected chi connectivity index (χ4v) is 10.2. The van der Waals surface area contributed by atoms with Gasteiger partial charge in [-0.3, -0.25) is 19.7 Å². The Labute approximate surface area is 360 Å². The van der Waals surface area contributed by atoms with Crippen LogP contribution in [0.1, 0.15) is 72.3 Å². The Morgan fingerprint density at radius 3 is 2.64 bits per heavy atom. The molecule has 1 aromatic carbocycles. The molecule has 2 N–H and O–H groups in total. The molecule has 1 aromatic heterocycles. The van der Waals surface area contributed by atoms with Crippen LogP contribution in [0.5, 0.6) is 5.75 Å². The van der Waals surface area contributed by atoms with Gasteiger partial charge in [0.2, 0.25) is 11.8 Å². The Bertz CT molecular complexity index is 1920. The molecule has 0 aliphatic carbocycles. The highest BCUT2D eigenvalue weighted by atomic mass is 35.5. The van der Waals surface area contributed by atoms with E-state index < -0.39 is 53.6 Å². The maximum atomic E-state index is 14.3. The molecule has 3 aliphatic rings. The molecule has 3 aliphatic heterocycles. The SMILES string of the molecule is COc1cc2cc(c1Cl)N(C)C(=O)C[C@H](CC(=O)[C@H](C)N(C)C(=O)CCC(C)SSc1ccccn1)[C@]1(C)O[C@H]1[C@H](C)[C@@H]1C[C@@](O)(NC(=O)O1)[C@H](OC)/C=C/C=C(\C)C2. The number of methoxy groups -OCH3 is 2. The van der Waals surface area contributed by atoms with Crippen molar-refractivity contribution in [3.63, 3.8) is 0 Å². The quantitative estimate of drug-likeness (QED) is 0.164. The van der Waals surface area contributed by atoms with E-state index in [1.54, 1.807) is 61.0 Å². The van der Waals surface area contributed by atoms with Crippen LogP contribution in [0.3, 0.4) is 0 Å². The average Bonchev–Trinajstić information content (AvgIpc) is 3.91. The Morgan fingerprint density at radius 1 is 1.22 bits per heavy atom. The van der Waals surface area contributed by atoms with Gasteiger partial charge in [0, 0.05) is 70.2 Å². The van der Waals surface area contributed by atoms with Crippen LogP contribution in [0.2, 0.25) is 5.02 Å². The number of carbonyl (C=O) groups excluding carboxylic acids is 4. The first-order valence-corrected chi connectivity index (χ1v) is 22.4. The van der Waals surface area contributed by atoms with E-state index in [0.29, 0.717) is 24.3 Å². The topological polar surface area (TPSA) is 160 Å². The third-order valence-corrected chi connectivity index (χ3v) is 15.0. The molecule has 16 heteroatoms. The van der Waals surface area contributed by atoms with Gasteiger partial charge in [-0.25, -0.2) is 9.78 Å². The smallest absolute Gasteiger partial charge is 0.409 e. The number of nitrogens with zero attached hydrogens (tertiary/aromatic N) is 3. The number of anilines is 1. The number of hydrogen-bond acceptors (Lipinski definition) is 12. The number of halogens is 1. The number of ketones is 1. The molecule has 0 spiro atoms. The Balaban J connectivity index is 1.40. The minimum absolute atomic E-state index is 0.0142. The van der Waals surface area contributed by atoms with E-state index >= 15 is 0 Å². The standard InChI is InChI=1S/C43H57ClN4O9S2/c1-25-13-12-14-35(55-9)43(53)24-34(56-41(52)46-43)27(3)40-42(5,57-40)30(23-38(51)48(7)31-20-29(19-25)21-33(54-8)39(31)44)22-32(49)28(4)47(6)37(50)17-16-26(2)58-59-36-15-10-11-18-45-36/h10-15,18,20-21,26-28,30,34-35,40,53H,16-17,19,22-24H2,1-9H3,(H,46,52)/b14-12+,25-13+/t26?,27-,28+,30+,34+,35-,40+,42+,43+/m1/s1. The van der Waals surface area contributed by atoms with Crippen LogP contribution in [-0.4, -0.2) is 108 Å². The normalized spacial score (nSPS) is 29.8. The summed E-state index contributed by atoms with van der Waals surface area (Å²) in [6, 6.07) is 8.62. The molecule has 0 saturated carbocycles. The van der Waals surface area contributed by atoms with E-state index in [1.165, 1.54) is 24.0 Å². The summed E-state index contributed by atoms with van der Waals surface area (Å²) in [5, 5.41) is 15.7. The van der Waals surface area contributed by atoms with Gasteiger partial charge < -0.3 is 33.9 Å². The lowest BCUT2D eigenvalue weighted by molar-refractivity contribution is -0.142. The summed E-state index contributed by atoms with van der Waals surface area (Å²) >= 11 is 6.83. The lowest BCUT2D eigenvalue weighted by Gasteiger charge is -2.42. The first-order chi connectivity index (χ1) is 27.9. The van der Waals surface area contributed by atoms with Crippen molar-refractivity contribution in [1.82, 2.24) is 15.2 Å². The van der Waals surface area contributed by atoms with Crippen LogP contribution in [0, 0.1) is 11.8 Å². The van der Waals surface area contributed by atoms with E-state index in [9.17, 15) is 24.3 Å². The van der Waals surface area contributed by atoms with Crippen LogP contribution in [0.4, 0.5) is 10.5 Å². The number of aromatic nitrogens is 1. The van der Waals surface area contributed by atoms with Gasteiger partial charge in [-0.05, 0) is 74.2 Å². The second kappa shape index (κ2) is 19.9. The molecule has 1 unspecified atom stereocenters. The Hall–Kier alpha value is -3.60. The molecule has 9 atom stereocenters. The van der Waals surface area contributed by atoms with Crippen LogP contribution in [-0.2, 0) is 35.0 Å². The van der Waals surface area contributed by atoms with Gasteiger partial charge in [0.1, 0.15) is 28.0 Å². The van der Waals surface area contributed by atoms with Crippen LogP contribution in [0.15, 0.2) is 65.4 Å². The molecule has 2 fully saturated rings. The predicted molar refractivity (Wildman–Crippen MR) is 231 cm³/mol. The number of amides is 3. The number of carbonyl (C=O) groups is 4. The fourth-order valence-electron chi connectivity index (χ4n) is 7.77. The van der Waals surface area contributed by atoms with Crippen molar-refractivity contribution in [2.24, 2.45) is 11.8 Å². The largest absolute Gasteiger partial charge is 0.495 e. The van der Waals surface area contributed by atoms with Crippen LogP contribution in [0.25, 0.3) is 0 Å². The fraction of sp³-hybridized carbons (Fsp3) is 0.558. The summed E-state index contributed by atoms with van der Waals surface area (Å²) in [6.07, 6.45) is 5.17. The molecule has 0 radical (unpaired) electrons. The van der Waals surface area contributed by atoms with Gasteiger partial charge in [-0.15, -0.1) is 0 Å². The molecule has 2 saturated heterocycles. The molecule has 59 heavy (non-hydrogen) atoms. The average molecular weight is 874 g/mol. The summed E-state index contributed by atoms with van der Waals surface area (Å²) in [5.41, 5.74) is -0.580. The number of likely N-dealkylation sites (N-methyl/N-ethyl adjacent to an activating group) is 1. The summed E-state index contributed by atoms with van der Waals surface area (Å²) in [5.74, 6) is -1.39. The first-order valence-electron chi connectivity index (χ1n) is 19.8. The number of epoxide rings is 1. The van der Waals surface area contributed by atoms with Gasteiger partial charge >= 0.3 is 6.09 Å². The molecule has 5 rings (SSSR count). The van der Waals surface area contributed by atoms with E-state index in [1.807, 2.05) is 57.2 Å². The van der Waals surface area contributed by atoms with Gasteiger partial charge in [0.15, 0.2) is 11.5 Å². The van der Waals surface area contributed by atoms with Crippen molar-refractivity contribution < 1.29 is 43.2 Å². The van der Waals surface area contributed by atoms with E-state index in [2.05, 4.69) is 17.2 Å². The number of pyridine rings is 1. The van der Waals surface area contributed by atoms with Crippen LogP contribution < -0.4 is 15.0 Å². The number of hydrogen-bond donors (Lipinski definition) is 2. The van der Waals surface area contributed by atoms with Crippen molar-refractivity contribution in [3.8, 4) is 5.75 Å². The summed E-state index contributed by atoms with van der Waals surface area (Å²) in [7, 11) is 9.43. The zero-order valence-electron chi connectivity index (χ0n) is 35.2. The first kappa shape index (κ1) is 46.5. The van der Waals surface area contributed by atoms with Crippen molar-refractivity contribution in [3.05, 3.63) is 70.9 Å². The number of aliphatic hydroxyl groups is 1. The number of alkyl carbamates (subject to hydrolysis) is 1. The monoisotopic (exact) mass is 872 g/mol. The maximum absolute atomic E-state index is 14.3. The van der Waals surface area contributed by atoms with Gasteiger partial charge in [-0.1, -0.05) is 66.1 Å². The second-order valence-corrected chi connectivity index (χ2v) is 19.1. The molecular formula is C43H57ClN4O9S2. The summed E-state index contributed by atoms with van der Waals surface area (Å²) in [6.45, 7) is 9.41. The van der Waals surface area contributed by atoms with Gasteiger partial charge in [-0.2, -0.15) is 0 Å². The van der Waals surface area contributed by atoms with Crippen LogP contribution >= 0.6 is 33.2 Å². The Kier molecular flexibility index (Phi) is 15.6. The van der Waals surface area contributed by atoms with Gasteiger partial charge in [0.25, 0.3) is 0 Å². The zero-order valence-corrected chi connectivity index (χ0v) is 37.6. The van der Waals surface area contributed by atoms with E-state index in [-0.39, 0.29) is 53.6 Å². The molecule has 3 amide bonds. The molecule has 13 nitrogen and oxygen atoms in total. The highest BCUT2D eigenvalue weighted by Crippen LogP contribution is 2.52. The number of benzene rings is 1. The van der Waals surface area contributed by atoms with E-state index in [0.717, 1.165) is 16.2 Å². The number of allylic oxidation sites excluding steroid dienone is 3. The highest BCUT2D eigenvalue weighted by molar-refractivity contribution is 8.76. The molecular weight excluding hydrogens is 816 g/mol. The molecule has 322 valence electrons. The zero-order chi connectivity index (χ0) is 43.2. The third-order valence-electron chi connectivity index (χ3n) is 11.8. The second-order valence-electron chi connectivity index (χ2n) is 16.0. The van der Waals surface area contributed by atoms with Crippen molar-refractivity contribution in [2.75, 3.05) is 33.2 Å². The molecule has 4 bridgehead atoms. The van der Waals surface area contributed by atoms with E-state index in [4.69, 9.17) is 30.5 Å². The number of ether oxygens (including phenoxy) is 4. The van der Waals surface area contributed by atoms with Gasteiger partial charge in [0.05, 0.1) is 30.5 Å². The number of Topliss-reactive ketones (excluding diaryl/α,β-unsaturated/α-hetero) is 1. The predicted octanol–water partition coefficient (Wildman–Crippen LogP) is 7.18. The molecule has 4 heterocycles. The molecule has 2 aromatic rings. The summed E-state index contributed by atoms with van der Waals surface area (Å²) < 4.78 is 23.5. The lowest BCUT2D eigenvalue weighted by atomic mass is 9.77. The number of nitrogens with one attached hydrogen (secondary N) is 1. The van der Waals surface area contributed by atoms with Crippen molar-refractivity contribution in [2.45, 2.75) is 119 Å². The highest BCUT2D eigenvalue weighted by Gasteiger charge is 2.63.